The molecule has 0 saturated heterocycles. The first-order chi connectivity index (χ1) is 8.62. The zero-order valence-electron chi connectivity index (χ0n) is 12.9. The van der Waals surface area contributed by atoms with E-state index in [0.717, 1.165) is 17.2 Å². The van der Waals surface area contributed by atoms with Crippen molar-refractivity contribution in [3.63, 3.8) is 0 Å². The van der Waals surface area contributed by atoms with Crippen molar-refractivity contribution in [2.75, 3.05) is 0 Å². The molecule has 106 valence electrons. The number of nitrogens with zero attached hydrogens (tertiary/aromatic N) is 2. The first-order valence-electron chi connectivity index (χ1n) is 6.42. The summed E-state index contributed by atoms with van der Waals surface area (Å²) in [4.78, 5) is 7.84. The van der Waals surface area contributed by atoms with Gasteiger partial charge in [0.15, 0.2) is 12.8 Å². The largest absolute Gasteiger partial charge is 0.448 e. The molecule has 0 unspecified atom stereocenters. The average molecular weight is 264 g/mol. The van der Waals surface area contributed by atoms with Crippen LogP contribution in [0.2, 0.25) is 0 Å². The van der Waals surface area contributed by atoms with Crippen LogP contribution in [0.25, 0.3) is 0 Å². The van der Waals surface area contributed by atoms with Gasteiger partial charge in [-0.2, -0.15) is 0 Å². The molecule has 0 aliphatic heterocycles. The molecule has 2 heterocycles. The van der Waals surface area contributed by atoms with Gasteiger partial charge in [0, 0.05) is 10.8 Å². The molecule has 2 aromatic rings. The van der Waals surface area contributed by atoms with E-state index >= 15 is 0 Å². The summed E-state index contributed by atoms with van der Waals surface area (Å²) in [6.45, 7) is 14.6. The molecular weight excluding hydrogens is 240 g/mol. The highest BCUT2D eigenvalue weighted by molar-refractivity contribution is 5.13. The molecule has 0 N–H and O–H groups in total. The maximum absolute atomic E-state index is 5.22. The Morgan fingerprint density at radius 1 is 0.895 bits per heavy atom. The van der Waals surface area contributed by atoms with Crippen LogP contribution in [-0.2, 0) is 10.8 Å². The summed E-state index contributed by atoms with van der Waals surface area (Å²) in [5, 5.41) is 0. The first kappa shape index (κ1) is 15.5. The highest BCUT2D eigenvalue weighted by Crippen LogP contribution is 2.24. The molecule has 0 fully saturated rings. The van der Waals surface area contributed by atoms with Crippen LogP contribution in [0, 0.1) is 6.92 Å². The Morgan fingerprint density at radius 3 is 1.74 bits per heavy atom. The minimum atomic E-state index is 0.0839. The van der Waals surface area contributed by atoms with Crippen LogP contribution in [0.15, 0.2) is 27.8 Å². The van der Waals surface area contributed by atoms with Crippen LogP contribution in [0.5, 0.6) is 0 Å². The maximum Gasteiger partial charge on any atom is 0.181 e. The molecule has 0 amide bonds. The van der Waals surface area contributed by atoms with E-state index in [1.807, 2.05) is 6.92 Å². The van der Waals surface area contributed by atoms with E-state index in [4.69, 9.17) is 8.83 Å². The van der Waals surface area contributed by atoms with Crippen LogP contribution in [-0.4, -0.2) is 9.97 Å². The molecule has 0 aliphatic rings. The lowest BCUT2D eigenvalue weighted by atomic mass is 9.92. The lowest BCUT2D eigenvalue weighted by Crippen LogP contribution is -2.11. The van der Waals surface area contributed by atoms with Gasteiger partial charge in [0.05, 0.1) is 11.9 Å². The standard InChI is InChI=1S/C8H13NO.C7H11NO/c1-6-7(8(2,3)4)10-5-9-6;1-7(2,3)6-4-8-5-9-6/h5H,1-4H3;4-5H,1-3H3. The van der Waals surface area contributed by atoms with Crippen molar-refractivity contribution in [1.82, 2.24) is 9.97 Å². The molecule has 0 bridgehead atoms. The quantitative estimate of drug-likeness (QED) is 0.713. The van der Waals surface area contributed by atoms with Gasteiger partial charge in [0.25, 0.3) is 0 Å². The molecule has 0 saturated carbocycles. The summed E-state index contributed by atoms with van der Waals surface area (Å²) in [6.07, 6.45) is 4.70. The van der Waals surface area contributed by atoms with Crippen molar-refractivity contribution in [2.24, 2.45) is 0 Å². The minimum absolute atomic E-state index is 0.0839. The Balaban J connectivity index is 0.000000191. The van der Waals surface area contributed by atoms with Crippen molar-refractivity contribution in [1.29, 1.82) is 0 Å². The first-order valence-corrected chi connectivity index (χ1v) is 6.42. The Morgan fingerprint density at radius 2 is 1.53 bits per heavy atom. The molecule has 4 nitrogen and oxygen atoms in total. The van der Waals surface area contributed by atoms with Gasteiger partial charge in [0.2, 0.25) is 0 Å². The highest BCUT2D eigenvalue weighted by atomic mass is 16.3. The molecule has 4 heteroatoms. The lowest BCUT2D eigenvalue weighted by molar-refractivity contribution is 0.405. The van der Waals surface area contributed by atoms with Gasteiger partial charge >= 0.3 is 0 Å². The maximum atomic E-state index is 5.22. The second-order valence-electron chi connectivity index (χ2n) is 6.63. The van der Waals surface area contributed by atoms with Crippen LogP contribution in [0.4, 0.5) is 0 Å². The molecule has 0 radical (unpaired) electrons. The number of rotatable bonds is 0. The predicted octanol–water partition coefficient (Wildman–Crippen LogP) is 4.25. The van der Waals surface area contributed by atoms with Crippen LogP contribution < -0.4 is 0 Å². The van der Waals surface area contributed by atoms with Gasteiger partial charge in [-0.05, 0) is 6.92 Å². The van der Waals surface area contributed by atoms with E-state index in [9.17, 15) is 0 Å². The van der Waals surface area contributed by atoms with Gasteiger partial charge in [-0.25, -0.2) is 9.97 Å². The Bertz CT molecular complexity index is 485. The summed E-state index contributed by atoms with van der Waals surface area (Å²) < 4.78 is 10.3. The summed E-state index contributed by atoms with van der Waals surface area (Å²) in [5.74, 6) is 1.91. The molecule has 0 aromatic carbocycles. The third-order valence-corrected chi connectivity index (χ3v) is 2.60. The third kappa shape index (κ3) is 4.54. The predicted molar refractivity (Wildman–Crippen MR) is 75.1 cm³/mol. The highest BCUT2D eigenvalue weighted by Gasteiger charge is 2.20. The summed E-state index contributed by atoms with van der Waals surface area (Å²) in [7, 11) is 0. The molecular formula is C15H24N2O2. The zero-order valence-corrected chi connectivity index (χ0v) is 12.9. The van der Waals surface area contributed by atoms with Crippen molar-refractivity contribution < 1.29 is 8.83 Å². The molecule has 2 rings (SSSR count). The molecule has 0 atom stereocenters. The average Bonchev–Trinajstić information content (AvgIpc) is 2.84. The number of aryl methyl sites for hydroxylation is 1. The van der Waals surface area contributed by atoms with Gasteiger partial charge in [-0.1, -0.05) is 41.5 Å². The van der Waals surface area contributed by atoms with Crippen LogP contribution in [0.3, 0.4) is 0 Å². The Labute approximate surface area is 115 Å². The fourth-order valence-electron chi connectivity index (χ4n) is 1.61. The molecule has 19 heavy (non-hydrogen) atoms. The van der Waals surface area contributed by atoms with E-state index in [-0.39, 0.29) is 10.8 Å². The number of aromatic nitrogens is 2. The van der Waals surface area contributed by atoms with Crippen molar-refractivity contribution in [3.05, 3.63) is 36.2 Å². The number of hydrogen-bond acceptors (Lipinski definition) is 4. The van der Waals surface area contributed by atoms with E-state index in [1.54, 1.807) is 6.20 Å². The van der Waals surface area contributed by atoms with Gasteiger partial charge in [-0.3, -0.25) is 0 Å². The van der Waals surface area contributed by atoms with Crippen molar-refractivity contribution in [3.8, 4) is 0 Å². The van der Waals surface area contributed by atoms with E-state index in [2.05, 4.69) is 51.5 Å². The monoisotopic (exact) mass is 264 g/mol. The van der Waals surface area contributed by atoms with Gasteiger partial charge < -0.3 is 8.83 Å². The fourth-order valence-corrected chi connectivity index (χ4v) is 1.61. The van der Waals surface area contributed by atoms with E-state index in [1.165, 1.54) is 12.8 Å². The van der Waals surface area contributed by atoms with Crippen LogP contribution in [0.1, 0.15) is 58.8 Å². The van der Waals surface area contributed by atoms with Gasteiger partial charge in [-0.15, -0.1) is 0 Å². The smallest absolute Gasteiger partial charge is 0.181 e. The van der Waals surface area contributed by atoms with E-state index < -0.39 is 0 Å². The van der Waals surface area contributed by atoms with E-state index in [0.29, 0.717) is 0 Å². The molecule has 2 aromatic heterocycles. The van der Waals surface area contributed by atoms with Crippen LogP contribution >= 0.6 is 0 Å². The molecule has 0 spiro atoms. The van der Waals surface area contributed by atoms with Gasteiger partial charge in [0.1, 0.15) is 11.5 Å². The SMILES string of the molecule is CC(C)(C)c1cnco1.Cc1ncoc1C(C)(C)C. The normalized spacial score (nSPS) is 11.9. The summed E-state index contributed by atoms with van der Waals surface area (Å²) >= 11 is 0. The minimum Gasteiger partial charge on any atom is -0.448 e. The number of hydrogen-bond donors (Lipinski definition) is 0. The molecule has 0 aliphatic carbocycles. The Kier molecular flexibility index (Phi) is 4.56. The van der Waals surface area contributed by atoms with Crippen molar-refractivity contribution >= 4 is 0 Å². The lowest BCUT2D eigenvalue weighted by Gasteiger charge is -2.14. The zero-order chi connectivity index (χ0) is 14.7. The second-order valence-corrected chi connectivity index (χ2v) is 6.63. The Hall–Kier alpha value is -1.58. The summed E-state index contributed by atoms with van der Waals surface area (Å²) in [6, 6.07) is 0. The summed E-state index contributed by atoms with van der Waals surface area (Å²) in [5.41, 5.74) is 1.17. The topological polar surface area (TPSA) is 52.1 Å². The second kappa shape index (κ2) is 5.59. The third-order valence-electron chi connectivity index (χ3n) is 2.60. The number of oxazole rings is 2. The van der Waals surface area contributed by atoms with Crippen molar-refractivity contribution in [2.45, 2.75) is 59.3 Å². The fraction of sp³-hybridized carbons (Fsp3) is 0.600.